The minimum atomic E-state index is 0.231. The van der Waals surface area contributed by atoms with Crippen LogP contribution in [0.5, 0.6) is 5.75 Å². The minimum absolute atomic E-state index is 0.231. The molecule has 1 N–H and O–H groups in total. The standard InChI is InChI=1S/C13H17Cl2NO2/c1-16-6-10-4-11(14)5-12(15)13(10)18-8-17-7-9-2-3-9/h4-5,9,16H,2-3,6-8H2,1H3. The summed E-state index contributed by atoms with van der Waals surface area (Å²) < 4.78 is 11.0. The molecule has 2 rings (SSSR count). The Balaban J connectivity index is 1.95. The van der Waals surface area contributed by atoms with Crippen LogP contribution < -0.4 is 10.1 Å². The highest BCUT2D eigenvalue weighted by Gasteiger charge is 2.21. The maximum Gasteiger partial charge on any atom is 0.189 e. The van der Waals surface area contributed by atoms with Crippen molar-refractivity contribution < 1.29 is 9.47 Å². The van der Waals surface area contributed by atoms with Gasteiger partial charge in [0, 0.05) is 17.1 Å². The molecule has 0 aromatic heterocycles. The second-order valence-corrected chi connectivity index (χ2v) is 5.33. The lowest BCUT2D eigenvalue weighted by Gasteiger charge is -2.13. The predicted octanol–water partition coefficient (Wildman–Crippen LogP) is 3.48. The van der Waals surface area contributed by atoms with Crippen molar-refractivity contribution in [2.45, 2.75) is 19.4 Å². The van der Waals surface area contributed by atoms with Crippen molar-refractivity contribution in [3.8, 4) is 5.75 Å². The molecule has 18 heavy (non-hydrogen) atoms. The summed E-state index contributed by atoms with van der Waals surface area (Å²) in [5.41, 5.74) is 0.935. The Morgan fingerprint density at radius 1 is 1.33 bits per heavy atom. The highest BCUT2D eigenvalue weighted by atomic mass is 35.5. The summed E-state index contributed by atoms with van der Waals surface area (Å²) in [5, 5.41) is 4.18. The van der Waals surface area contributed by atoms with Gasteiger partial charge in [0.2, 0.25) is 0 Å². The molecule has 5 heteroatoms. The molecule has 0 bridgehead atoms. The average molecular weight is 290 g/mol. The maximum absolute atomic E-state index is 6.13. The fourth-order valence-corrected chi connectivity index (χ4v) is 2.29. The molecule has 0 amide bonds. The summed E-state index contributed by atoms with van der Waals surface area (Å²) in [6, 6.07) is 3.53. The van der Waals surface area contributed by atoms with Gasteiger partial charge in [-0.25, -0.2) is 0 Å². The van der Waals surface area contributed by atoms with Crippen molar-refractivity contribution >= 4 is 23.2 Å². The molecule has 0 heterocycles. The van der Waals surface area contributed by atoms with Crippen LogP contribution in [0.4, 0.5) is 0 Å². The molecular weight excluding hydrogens is 273 g/mol. The van der Waals surface area contributed by atoms with Gasteiger partial charge in [0.25, 0.3) is 0 Å². The Bertz CT molecular complexity index is 408. The molecule has 1 aromatic carbocycles. The van der Waals surface area contributed by atoms with Crippen molar-refractivity contribution in [1.82, 2.24) is 5.32 Å². The number of rotatable bonds is 7. The Hall–Kier alpha value is -0.480. The van der Waals surface area contributed by atoms with E-state index in [1.165, 1.54) is 12.8 Å². The van der Waals surface area contributed by atoms with Crippen molar-refractivity contribution in [2.24, 2.45) is 5.92 Å². The van der Waals surface area contributed by atoms with E-state index in [9.17, 15) is 0 Å². The van der Waals surface area contributed by atoms with Crippen molar-refractivity contribution in [1.29, 1.82) is 0 Å². The number of ether oxygens (including phenoxy) is 2. The molecule has 3 nitrogen and oxygen atoms in total. The topological polar surface area (TPSA) is 30.5 Å². The third-order valence-corrected chi connectivity index (χ3v) is 3.29. The molecule has 0 unspecified atom stereocenters. The number of nitrogens with one attached hydrogen (secondary N) is 1. The second-order valence-electron chi connectivity index (χ2n) is 4.48. The first kappa shape index (κ1) is 13.9. The maximum atomic E-state index is 6.13. The lowest BCUT2D eigenvalue weighted by Crippen LogP contribution is -2.10. The molecule has 1 aliphatic rings. The molecule has 1 saturated carbocycles. The lowest BCUT2D eigenvalue weighted by atomic mass is 10.2. The summed E-state index contributed by atoms with van der Waals surface area (Å²) in [4.78, 5) is 0. The molecule has 0 radical (unpaired) electrons. The van der Waals surface area contributed by atoms with Crippen LogP contribution in [0.3, 0.4) is 0 Å². The monoisotopic (exact) mass is 289 g/mol. The first-order chi connectivity index (χ1) is 8.70. The number of hydrogen-bond acceptors (Lipinski definition) is 3. The van der Waals surface area contributed by atoms with Crippen LogP contribution in [0.25, 0.3) is 0 Å². The van der Waals surface area contributed by atoms with E-state index in [0.29, 0.717) is 22.3 Å². The van der Waals surface area contributed by atoms with E-state index in [-0.39, 0.29) is 6.79 Å². The van der Waals surface area contributed by atoms with Gasteiger partial charge in [-0.2, -0.15) is 0 Å². The second kappa shape index (κ2) is 6.62. The molecule has 1 aliphatic carbocycles. The fraction of sp³-hybridized carbons (Fsp3) is 0.538. The van der Waals surface area contributed by atoms with E-state index in [1.807, 2.05) is 13.1 Å². The van der Waals surface area contributed by atoms with Crippen LogP contribution in [0.1, 0.15) is 18.4 Å². The molecule has 0 saturated heterocycles. The van der Waals surface area contributed by atoms with Crippen LogP contribution >= 0.6 is 23.2 Å². The zero-order valence-corrected chi connectivity index (χ0v) is 11.9. The Morgan fingerprint density at radius 2 is 2.11 bits per heavy atom. The quantitative estimate of drug-likeness (QED) is 0.616. The number of halogens is 2. The van der Waals surface area contributed by atoms with E-state index in [4.69, 9.17) is 32.7 Å². The van der Waals surface area contributed by atoms with Gasteiger partial charge in [0.05, 0.1) is 11.6 Å². The SMILES string of the molecule is CNCc1cc(Cl)cc(Cl)c1OCOCC1CC1. The van der Waals surface area contributed by atoms with Crippen LogP contribution in [-0.4, -0.2) is 20.4 Å². The van der Waals surface area contributed by atoms with Gasteiger partial charge in [-0.3, -0.25) is 0 Å². The summed E-state index contributed by atoms with van der Waals surface area (Å²) in [7, 11) is 1.86. The largest absolute Gasteiger partial charge is 0.466 e. The average Bonchev–Trinajstić information content (AvgIpc) is 3.11. The van der Waals surface area contributed by atoms with Gasteiger partial charge >= 0.3 is 0 Å². The smallest absolute Gasteiger partial charge is 0.189 e. The van der Waals surface area contributed by atoms with Gasteiger partial charge in [-0.1, -0.05) is 23.2 Å². The Labute approximate surface area is 117 Å². The van der Waals surface area contributed by atoms with Gasteiger partial charge in [0.15, 0.2) is 6.79 Å². The molecular formula is C13H17Cl2NO2. The molecule has 0 aliphatic heterocycles. The normalized spacial score (nSPS) is 14.8. The van der Waals surface area contributed by atoms with Crippen LogP contribution in [-0.2, 0) is 11.3 Å². The van der Waals surface area contributed by atoms with Crippen LogP contribution in [0, 0.1) is 5.92 Å². The van der Waals surface area contributed by atoms with E-state index in [0.717, 1.165) is 18.1 Å². The van der Waals surface area contributed by atoms with Crippen molar-refractivity contribution in [3.05, 3.63) is 27.7 Å². The summed E-state index contributed by atoms with van der Waals surface area (Å²) in [6.45, 7) is 1.65. The van der Waals surface area contributed by atoms with Gasteiger partial charge in [-0.05, 0) is 37.9 Å². The van der Waals surface area contributed by atoms with E-state index < -0.39 is 0 Å². The Kier molecular flexibility index (Phi) is 5.13. The zero-order valence-electron chi connectivity index (χ0n) is 10.3. The third kappa shape index (κ3) is 4.02. The summed E-state index contributed by atoms with van der Waals surface area (Å²) in [5.74, 6) is 1.37. The Morgan fingerprint density at radius 3 is 2.78 bits per heavy atom. The first-order valence-corrected chi connectivity index (χ1v) is 6.79. The molecule has 1 fully saturated rings. The highest BCUT2D eigenvalue weighted by Crippen LogP contribution is 2.33. The van der Waals surface area contributed by atoms with Gasteiger partial charge in [0.1, 0.15) is 5.75 Å². The fourth-order valence-electron chi connectivity index (χ4n) is 1.70. The van der Waals surface area contributed by atoms with E-state index in [1.54, 1.807) is 6.07 Å². The highest BCUT2D eigenvalue weighted by molar-refractivity contribution is 6.35. The summed E-state index contributed by atoms with van der Waals surface area (Å²) >= 11 is 12.1. The minimum Gasteiger partial charge on any atom is -0.466 e. The van der Waals surface area contributed by atoms with Crippen molar-refractivity contribution in [2.75, 3.05) is 20.4 Å². The van der Waals surface area contributed by atoms with Gasteiger partial charge in [-0.15, -0.1) is 0 Å². The first-order valence-electron chi connectivity index (χ1n) is 6.03. The van der Waals surface area contributed by atoms with Crippen LogP contribution in [0.15, 0.2) is 12.1 Å². The van der Waals surface area contributed by atoms with Crippen LogP contribution in [0.2, 0.25) is 10.0 Å². The number of benzene rings is 1. The van der Waals surface area contributed by atoms with Crippen molar-refractivity contribution in [3.63, 3.8) is 0 Å². The third-order valence-electron chi connectivity index (χ3n) is 2.79. The van der Waals surface area contributed by atoms with E-state index in [2.05, 4.69) is 5.32 Å². The van der Waals surface area contributed by atoms with E-state index >= 15 is 0 Å². The van der Waals surface area contributed by atoms with Gasteiger partial charge < -0.3 is 14.8 Å². The summed E-state index contributed by atoms with van der Waals surface area (Å²) in [6.07, 6.45) is 2.54. The molecule has 100 valence electrons. The molecule has 0 atom stereocenters. The molecule has 0 spiro atoms. The number of hydrogen-bond donors (Lipinski definition) is 1. The predicted molar refractivity (Wildman–Crippen MR) is 73.4 cm³/mol. The lowest BCUT2D eigenvalue weighted by molar-refractivity contribution is 0.00948. The molecule has 1 aromatic rings. The zero-order chi connectivity index (χ0) is 13.0.